The molecule has 0 saturated carbocycles. The SMILES string of the molecule is COC(=O)c1ccc(/C=C(/C(=O)c2ccccc2)c2nc3ccccc3[nH]c2=O)cc1. The van der Waals surface area contributed by atoms with E-state index in [-0.39, 0.29) is 17.1 Å². The van der Waals surface area contributed by atoms with Crippen molar-refractivity contribution < 1.29 is 14.3 Å². The molecule has 0 saturated heterocycles. The summed E-state index contributed by atoms with van der Waals surface area (Å²) < 4.78 is 4.72. The number of aromatic amines is 1. The lowest BCUT2D eigenvalue weighted by atomic mass is 9.98. The first-order valence-electron chi connectivity index (χ1n) is 9.56. The maximum absolute atomic E-state index is 13.3. The summed E-state index contributed by atoms with van der Waals surface area (Å²) in [6.07, 6.45) is 1.60. The van der Waals surface area contributed by atoms with Crippen molar-refractivity contribution in [3.8, 4) is 0 Å². The lowest BCUT2D eigenvalue weighted by Crippen LogP contribution is -2.18. The maximum atomic E-state index is 13.3. The van der Waals surface area contributed by atoms with E-state index in [9.17, 15) is 14.4 Å². The number of rotatable bonds is 5. The van der Waals surface area contributed by atoms with Gasteiger partial charge in [-0.15, -0.1) is 0 Å². The van der Waals surface area contributed by atoms with Gasteiger partial charge in [-0.1, -0.05) is 54.6 Å². The number of methoxy groups -OCH3 is 1. The second-order valence-corrected chi connectivity index (χ2v) is 6.80. The zero-order valence-electron chi connectivity index (χ0n) is 16.7. The number of nitrogens with zero attached hydrogens (tertiary/aromatic N) is 1. The van der Waals surface area contributed by atoms with E-state index in [2.05, 4.69) is 9.97 Å². The molecule has 3 aromatic carbocycles. The predicted octanol–water partition coefficient (Wildman–Crippen LogP) is 4.13. The van der Waals surface area contributed by atoms with Gasteiger partial charge in [-0.25, -0.2) is 9.78 Å². The Hall–Kier alpha value is -4.32. The van der Waals surface area contributed by atoms with Crippen molar-refractivity contribution in [2.45, 2.75) is 0 Å². The van der Waals surface area contributed by atoms with E-state index in [1.54, 1.807) is 72.8 Å². The van der Waals surface area contributed by atoms with E-state index in [4.69, 9.17) is 4.74 Å². The molecular formula is C25H18N2O4. The normalized spacial score (nSPS) is 11.3. The minimum atomic E-state index is -0.458. The van der Waals surface area contributed by atoms with Crippen molar-refractivity contribution in [1.82, 2.24) is 9.97 Å². The van der Waals surface area contributed by atoms with Crippen molar-refractivity contribution in [2.75, 3.05) is 7.11 Å². The van der Waals surface area contributed by atoms with Crippen LogP contribution in [0.5, 0.6) is 0 Å². The fourth-order valence-corrected chi connectivity index (χ4v) is 3.20. The summed E-state index contributed by atoms with van der Waals surface area (Å²) >= 11 is 0. The number of fused-ring (bicyclic) bond motifs is 1. The summed E-state index contributed by atoms with van der Waals surface area (Å²) in [5.41, 5.74) is 2.36. The maximum Gasteiger partial charge on any atom is 0.337 e. The number of esters is 1. The number of carbonyl (C=O) groups is 2. The summed E-state index contributed by atoms with van der Waals surface area (Å²) in [6.45, 7) is 0. The van der Waals surface area contributed by atoms with Gasteiger partial charge in [0.1, 0.15) is 5.69 Å². The number of H-pyrrole nitrogens is 1. The van der Waals surface area contributed by atoms with Crippen LogP contribution in [0, 0.1) is 0 Å². The number of para-hydroxylation sites is 2. The number of carbonyl (C=O) groups excluding carboxylic acids is 2. The van der Waals surface area contributed by atoms with Gasteiger partial charge in [-0.2, -0.15) is 0 Å². The number of ketones is 1. The highest BCUT2D eigenvalue weighted by atomic mass is 16.5. The van der Waals surface area contributed by atoms with E-state index in [0.29, 0.717) is 27.7 Å². The highest BCUT2D eigenvalue weighted by molar-refractivity contribution is 6.32. The summed E-state index contributed by atoms with van der Waals surface area (Å²) in [5, 5.41) is 0. The smallest absolute Gasteiger partial charge is 0.337 e. The fourth-order valence-electron chi connectivity index (χ4n) is 3.20. The average Bonchev–Trinajstić information content (AvgIpc) is 2.82. The third-order valence-electron chi connectivity index (χ3n) is 4.78. The molecule has 31 heavy (non-hydrogen) atoms. The molecule has 0 spiro atoms. The van der Waals surface area contributed by atoms with Gasteiger partial charge in [0.15, 0.2) is 5.78 Å². The van der Waals surface area contributed by atoms with Gasteiger partial charge in [0.2, 0.25) is 0 Å². The fraction of sp³-hybridized carbons (Fsp3) is 0.0400. The Morgan fingerprint density at radius 2 is 1.55 bits per heavy atom. The van der Waals surface area contributed by atoms with Crippen LogP contribution >= 0.6 is 0 Å². The van der Waals surface area contributed by atoms with E-state index < -0.39 is 11.5 Å². The van der Waals surface area contributed by atoms with Crippen molar-refractivity contribution >= 4 is 34.4 Å². The Bertz CT molecular complexity index is 1350. The van der Waals surface area contributed by atoms with Crippen LogP contribution in [-0.4, -0.2) is 28.8 Å². The molecule has 6 nitrogen and oxygen atoms in total. The summed E-state index contributed by atoms with van der Waals surface area (Å²) in [5.74, 6) is -0.783. The Labute approximate surface area is 177 Å². The van der Waals surface area contributed by atoms with Crippen molar-refractivity contribution in [3.05, 3.63) is 112 Å². The highest BCUT2D eigenvalue weighted by Crippen LogP contribution is 2.21. The quantitative estimate of drug-likeness (QED) is 0.304. The van der Waals surface area contributed by atoms with Gasteiger partial charge < -0.3 is 9.72 Å². The van der Waals surface area contributed by atoms with E-state index >= 15 is 0 Å². The molecule has 0 fully saturated rings. The first kappa shape index (κ1) is 20.0. The molecule has 4 rings (SSSR count). The van der Waals surface area contributed by atoms with E-state index in [1.165, 1.54) is 7.11 Å². The molecular weight excluding hydrogens is 392 g/mol. The number of ether oxygens (including phenoxy) is 1. The highest BCUT2D eigenvalue weighted by Gasteiger charge is 2.19. The Kier molecular flexibility index (Phi) is 5.53. The Morgan fingerprint density at radius 1 is 0.871 bits per heavy atom. The predicted molar refractivity (Wildman–Crippen MR) is 119 cm³/mol. The molecule has 1 aromatic heterocycles. The standard InChI is InChI=1S/C25H18N2O4/c1-31-25(30)18-13-11-16(12-14-18)15-19(23(28)17-7-3-2-4-8-17)22-24(29)27-21-10-6-5-9-20(21)26-22/h2-15H,1H3,(H,27,29)/b19-15+. The molecule has 0 aliphatic heterocycles. The van der Waals surface area contributed by atoms with Crippen LogP contribution in [0.2, 0.25) is 0 Å². The molecule has 0 atom stereocenters. The molecule has 4 aromatic rings. The minimum absolute atomic E-state index is 0.0320. The number of hydrogen-bond donors (Lipinski definition) is 1. The first-order valence-corrected chi connectivity index (χ1v) is 9.56. The van der Waals surface area contributed by atoms with Gasteiger partial charge in [-0.05, 0) is 35.9 Å². The van der Waals surface area contributed by atoms with Crippen LogP contribution in [0.1, 0.15) is 32.0 Å². The van der Waals surface area contributed by atoms with Gasteiger partial charge in [0, 0.05) is 5.56 Å². The zero-order valence-corrected chi connectivity index (χ0v) is 16.7. The van der Waals surface area contributed by atoms with Crippen LogP contribution in [0.4, 0.5) is 0 Å². The van der Waals surface area contributed by atoms with Gasteiger partial charge >= 0.3 is 5.97 Å². The lowest BCUT2D eigenvalue weighted by Gasteiger charge is -2.08. The monoisotopic (exact) mass is 410 g/mol. The zero-order chi connectivity index (χ0) is 21.8. The van der Waals surface area contributed by atoms with Crippen molar-refractivity contribution in [3.63, 3.8) is 0 Å². The van der Waals surface area contributed by atoms with E-state index in [0.717, 1.165) is 0 Å². The number of aromatic nitrogens is 2. The third kappa shape index (κ3) is 4.18. The second-order valence-electron chi connectivity index (χ2n) is 6.80. The molecule has 0 amide bonds. The van der Waals surface area contributed by atoms with Crippen LogP contribution in [0.25, 0.3) is 22.7 Å². The molecule has 0 unspecified atom stereocenters. The first-order chi connectivity index (χ1) is 15.1. The summed E-state index contributed by atoms with van der Waals surface area (Å²) in [4.78, 5) is 45.1. The number of benzene rings is 3. The molecule has 0 aliphatic carbocycles. The molecule has 0 radical (unpaired) electrons. The molecule has 1 heterocycles. The molecule has 0 aliphatic rings. The Balaban J connectivity index is 1.87. The van der Waals surface area contributed by atoms with Crippen LogP contribution in [0.3, 0.4) is 0 Å². The summed E-state index contributed by atoms with van der Waals surface area (Å²) in [7, 11) is 1.31. The third-order valence-corrected chi connectivity index (χ3v) is 4.78. The second kappa shape index (κ2) is 8.59. The molecule has 1 N–H and O–H groups in total. The molecule has 0 bridgehead atoms. The largest absolute Gasteiger partial charge is 0.465 e. The van der Waals surface area contributed by atoms with Crippen molar-refractivity contribution in [1.29, 1.82) is 0 Å². The van der Waals surface area contributed by atoms with Crippen LogP contribution in [0.15, 0.2) is 83.7 Å². The van der Waals surface area contributed by atoms with Crippen molar-refractivity contribution in [2.24, 2.45) is 0 Å². The topological polar surface area (TPSA) is 89.1 Å². The lowest BCUT2D eigenvalue weighted by molar-refractivity contribution is 0.0600. The van der Waals surface area contributed by atoms with Gasteiger partial charge in [-0.3, -0.25) is 9.59 Å². The number of hydrogen-bond acceptors (Lipinski definition) is 5. The van der Waals surface area contributed by atoms with Gasteiger partial charge in [0.25, 0.3) is 5.56 Å². The number of Topliss-reactive ketones (excluding diaryl/α,β-unsaturated/α-hetero) is 1. The van der Waals surface area contributed by atoms with Gasteiger partial charge in [0.05, 0.1) is 29.3 Å². The molecule has 6 heteroatoms. The summed E-state index contributed by atoms with van der Waals surface area (Å²) in [6, 6.07) is 22.4. The van der Waals surface area contributed by atoms with Crippen LogP contribution < -0.4 is 5.56 Å². The average molecular weight is 410 g/mol. The van der Waals surface area contributed by atoms with E-state index in [1.807, 2.05) is 12.1 Å². The number of nitrogens with one attached hydrogen (secondary N) is 1. The van der Waals surface area contributed by atoms with Crippen LogP contribution in [-0.2, 0) is 4.74 Å². The molecule has 152 valence electrons. The Morgan fingerprint density at radius 3 is 2.26 bits per heavy atom. The minimum Gasteiger partial charge on any atom is -0.465 e. The number of allylic oxidation sites excluding steroid dienone is 1.